The number of carbonyl (C=O) groups is 1. The first-order valence-corrected chi connectivity index (χ1v) is 9.03. The van der Waals surface area contributed by atoms with E-state index in [1.165, 1.54) is 18.2 Å². The van der Waals surface area contributed by atoms with E-state index in [0.717, 1.165) is 18.1 Å². The fraction of sp³-hybridized carbons (Fsp3) is 0.235. The van der Waals surface area contributed by atoms with Gasteiger partial charge in [0.2, 0.25) is 10.0 Å². The van der Waals surface area contributed by atoms with Gasteiger partial charge >= 0.3 is 5.97 Å². The molecule has 2 aromatic rings. The maximum absolute atomic E-state index is 12.7. The zero-order valence-corrected chi connectivity index (χ0v) is 13.6. The first-order chi connectivity index (χ1) is 11.5. The lowest BCUT2D eigenvalue weighted by Gasteiger charge is -2.18. The number of hydrogen-bond acceptors (Lipinski definition) is 4. The Hall–Kier alpha value is -2.38. The van der Waals surface area contributed by atoms with Gasteiger partial charge in [0.25, 0.3) is 0 Å². The molecule has 1 heterocycles. The molecule has 126 valence electrons. The highest BCUT2D eigenvalue weighted by atomic mass is 32.2. The van der Waals surface area contributed by atoms with E-state index >= 15 is 0 Å². The maximum Gasteiger partial charge on any atom is 0.335 e. The van der Waals surface area contributed by atoms with E-state index in [2.05, 4.69) is 4.72 Å². The molecule has 0 bridgehead atoms. The van der Waals surface area contributed by atoms with Crippen molar-refractivity contribution in [1.29, 1.82) is 0 Å². The number of hydrogen-bond donors (Lipinski definition) is 2. The second kappa shape index (κ2) is 6.62. The second-order valence-corrected chi connectivity index (χ2v) is 7.25. The van der Waals surface area contributed by atoms with Gasteiger partial charge in [-0.1, -0.05) is 24.3 Å². The zero-order chi connectivity index (χ0) is 17.2. The third-order valence-corrected chi connectivity index (χ3v) is 5.35. The molecule has 3 rings (SSSR count). The van der Waals surface area contributed by atoms with Crippen LogP contribution in [0.1, 0.15) is 34.8 Å². The summed E-state index contributed by atoms with van der Waals surface area (Å²) in [6.07, 6.45) is 1.33. The molecule has 0 saturated carbocycles. The monoisotopic (exact) mass is 347 g/mol. The Morgan fingerprint density at radius 2 is 1.96 bits per heavy atom. The lowest BCUT2D eigenvalue weighted by atomic mass is 10.0. The third kappa shape index (κ3) is 3.42. The van der Waals surface area contributed by atoms with E-state index < -0.39 is 22.0 Å². The Bertz CT molecular complexity index is 863. The summed E-state index contributed by atoms with van der Waals surface area (Å²) in [4.78, 5) is 11.0. The minimum Gasteiger partial charge on any atom is -0.493 e. The third-order valence-electron chi connectivity index (χ3n) is 3.88. The lowest BCUT2D eigenvalue weighted by Crippen LogP contribution is -2.28. The van der Waals surface area contributed by atoms with Crippen LogP contribution in [0.15, 0.2) is 53.4 Å². The average molecular weight is 347 g/mol. The first kappa shape index (κ1) is 16.5. The number of carboxylic acid groups (broad SMARTS) is 1. The Morgan fingerprint density at radius 3 is 2.75 bits per heavy atom. The summed E-state index contributed by atoms with van der Waals surface area (Å²) in [5.74, 6) is -0.498. The zero-order valence-electron chi connectivity index (χ0n) is 12.8. The Kier molecular flexibility index (Phi) is 4.55. The number of fused-ring (bicyclic) bond motifs is 1. The van der Waals surface area contributed by atoms with Crippen LogP contribution in [-0.2, 0) is 10.0 Å². The van der Waals surface area contributed by atoms with E-state index in [1.807, 2.05) is 24.3 Å². The molecule has 1 atom stereocenters. The van der Waals surface area contributed by atoms with Gasteiger partial charge in [0.1, 0.15) is 5.75 Å². The number of ether oxygens (including phenoxy) is 1. The summed E-state index contributed by atoms with van der Waals surface area (Å²) in [5, 5.41) is 9.03. The lowest BCUT2D eigenvalue weighted by molar-refractivity contribution is 0.0696. The maximum atomic E-state index is 12.7. The van der Waals surface area contributed by atoms with Crippen LogP contribution in [0.25, 0.3) is 0 Å². The van der Waals surface area contributed by atoms with E-state index in [4.69, 9.17) is 9.84 Å². The Morgan fingerprint density at radius 1 is 1.17 bits per heavy atom. The van der Waals surface area contributed by atoms with Gasteiger partial charge in [-0.3, -0.25) is 0 Å². The van der Waals surface area contributed by atoms with Crippen molar-refractivity contribution in [2.75, 3.05) is 6.61 Å². The molecular weight excluding hydrogens is 330 g/mol. The quantitative estimate of drug-likeness (QED) is 0.887. The number of rotatable bonds is 4. The topological polar surface area (TPSA) is 92.7 Å². The van der Waals surface area contributed by atoms with Crippen LogP contribution >= 0.6 is 0 Å². The van der Waals surface area contributed by atoms with Gasteiger partial charge in [0.15, 0.2) is 0 Å². The van der Waals surface area contributed by atoms with E-state index in [-0.39, 0.29) is 10.5 Å². The van der Waals surface area contributed by atoms with Gasteiger partial charge in [0.05, 0.1) is 23.1 Å². The number of sulfonamides is 1. The van der Waals surface area contributed by atoms with Crippen molar-refractivity contribution in [3.63, 3.8) is 0 Å². The van der Waals surface area contributed by atoms with Gasteiger partial charge in [0, 0.05) is 5.56 Å². The van der Waals surface area contributed by atoms with Gasteiger partial charge in [-0.25, -0.2) is 17.9 Å². The van der Waals surface area contributed by atoms with E-state index in [1.54, 1.807) is 0 Å². The Balaban J connectivity index is 1.92. The minimum absolute atomic E-state index is 0.0648. The fourth-order valence-electron chi connectivity index (χ4n) is 2.70. The van der Waals surface area contributed by atoms with Gasteiger partial charge in [-0.2, -0.15) is 0 Å². The number of benzene rings is 2. The van der Waals surface area contributed by atoms with Crippen LogP contribution in [-0.4, -0.2) is 26.1 Å². The van der Waals surface area contributed by atoms with Crippen molar-refractivity contribution >= 4 is 16.0 Å². The second-order valence-electron chi connectivity index (χ2n) is 5.54. The molecular formula is C17H17NO5S. The highest BCUT2D eigenvalue weighted by Crippen LogP contribution is 2.32. The number of para-hydroxylation sites is 1. The molecule has 2 aromatic carbocycles. The summed E-state index contributed by atoms with van der Waals surface area (Å²) >= 11 is 0. The van der Waals surface area contributed by atoms with Crippen molar-refractivity contribution < 1.29 is 23.1 Å². The van der Waals surface area contributed by atoms with Crippen LogP contribution < -0.4 is 9.46 Å². The summed E-state index contributed by atoms with van der Waals surface area (Å²) in [7, 11) is -3.84. The molecule has 0 saturated heterocycles. The summed E-state index contributed by atoms with van der Waals surface area (Å²) in [5.41, 5.74) is 0.718. The molecule has 0 aliphatic carbocycles. The van der Waals surface area contributed by atoms with Crippen molar-refractivity contribution in [2.24, 2.45) is 0 Å². The van der Waals surface area contributed by atoms with Crippen LogP contribution in [0.5, 0.6) is 5.75 Å². The first-order valence-electron chi connectivity index (χ1n) is 7.55. The van der Waals surface area contributed by atoms with Gasteiger partial charge in [-0.05, 0) is 37.1 Å². The van der Waals surface area contributed by atoms with Gasteiger partial charge in [-0.15, -0.1) is 0 Å². The molecule has 7 heteroatoms. The van der Waals surface area contributed by atoms with Crippen LogP contribution in [0, 0.1) is 0 Å². The number of aromatic carboxylic acids is 1. The SMILES string of the molecule is O=C(O)c1cccc(S(=O)(=O)NC2CCCOc3ccccc32)c1. The standard InChI is InChI=1S/C17H17NO5S/c19-17(20)12-5-3-6-13(11-12)24(21,22)18-15-8-4-10-23-16-9-2-1-7-14(15)16/h1-3,5-7,9,11,15,18H,4,8,10H2,(H,19,20). The number of carboxylic acids is 1. The van der Waals surface area contributed by atoms with Gasteiger partial charge < -0.3 is 9.84 Å². The average Bonchev–Trinajstić information content (AvgIpc) is 2.77. The summed E-state index contributed by atoms with van der Waals surface area (Å²) in [6.45, 7) is 0.531. The molecule has 1 unspecified atom stereocenters. The predicted octanol–water partition coefficient (Wildman–Crippen LogP) is 2.58. The predicted molar refractivity (Wildman–Crippen MR) is 87.6 cm³/mol. The highest BCUT2D eigenvalue weighted by molar-refractivity contribution is 7.89. The van der Waals surface area contributed by atoms with Crippen LogP contribution in [0.4, 0.5) is 0 Å². The smallest absolute Gasteiger partial charge is 0.335 e. The van der Waals surface area contributed by atoms with Crippen molar-refractivity contribution in [3.05, 3.63) is 59.7 Å². The molecule has 1 aliphatic rings. The van der Waals surface area contributed by atoms with Crippen LogP contribution in [0.2, 0.25) is 0 Å². The molecule has 0 amide bonds. The highest BCUT2D eigenvalue weighted by Gasteiger charge is 2.25. The van der Waals surface area contributed by atoms with Crippen molar-refractivity contribution in [1.82, 2.24) is 4.72 Å². The molecule has 1 aliphatic heterocycles. The Labute approximate surface area is 140 Å². The molecule has 6 nitrogen and oxygen atoms in total. The molecule has 24 heavy (non-hydrogen) atoms. The molecule has 0 spiro atoms. The summed E-state index contributed by atoms with van der Waals surface area (Å²) in [6, 6.07) is 12.2. The minimum atomic E-state index is -3.84. The number of nitrogens with one attached hydrogen (secondary N) is 1. The largest absolute Gasteiger partial charge is 0.493 e. The van der Waals surface area contributed by atoms with E-state index in [9.17, 15) is 13.2 Å². The molecule has 2 N–H and O–H groups in total. The van der Waals surface area contributed by atoms with E-state index in [0.29, 0.717) is 18.8 Å². The van der Waals surface area contributed by atoms with Crippen molar-refractivity contribution in [2.45, 2.75) is 23.8 Å². The fourth-order valence-corrected chi connectivity index (χ4v) is 3.99. The normalized spacial score (nSPS) is 17.4. The van der Waals surface area contributed by atoms with Crippen molar-refractivity contribution in [3.8, 4) is 5.75 Å². The molecule has 0 aromatic heterocycles. The summed E-state index contributed by atoms with van der Waals surface area (Å²) < 4.78 is 33.6. The van der Waals surface area contributed by atoms with Crippen LogP contribution in [0.3, 0.4) is 0 Å². The molecule has 0 radical (unpaired) electrons. The molecule has 0 fully saturated rings.